The summed E-state index contributed by atoms with van der Waals surface area (Å²) in [5, 5.41) is 3.30. The summed E-state index contributed by atoms with van der Waals surface area (Å²) in [6.45, 7) is 4.24. The second-order valence-corrected chi connectivity index (χ2v) is 8.71. The minimum Gasteiger partial charge on any atom is -0.493 e. The number of piperidine rings is 1. The van der Waals surface area contributed by atoms with Gasteiger partial charge in [0, 0.05) is 25.1 Å². The van der Waals surface area contributed by atoms with Crippen LogP contribution in [0.2, 0.25) is 0 Å². The van der Waals surface area contributed by atoms with Crippen LogP contribution >= 0.6 is 0 Å². The number of fused-ring (bicyclic) bond motifs is 1. The fourth-order valence-electron chi connectivity index (χ4n) is 5.15. The Morgan fingerprint density at radius 1 is 1.03 bits per heavy atom. The first-order valence-corrected chi connectivity index (χ1v) is 11.5. The molecule has 5 nitrogen and oxygen atoms in total. The maximum absolute atomic E-state index is 6.65. The first kappa shape index (κ1) is 22.1. The van der Waals surface area contributed by atoms with Crippen molar-refractivity contribution < 1.29 is 14.2 Å². The SMILES string of the molecule is CNC[C@@H]1O[C@H](C2CCN(CCc3ccccc3)CC2)Cc2c1ccc(OC)c2OC. The number of rotatable bonds is 8. The Labute approximate surface area is 186 Å². The number of likely N-dealkylation sites (tertiary alicyclic amines) is 1. The number of benzene rings is 2. The lowest BCUT2D eigenvalue weighted by molar-refractivity contribution is -0.0670. The van der Waals surface area contributed by atoms with E-state index in [2.05, 4.69) is 46.6 Å². The van der Waals surface area contributed by atoms with Crippen LogP contribution < -0.4 is 14.8 Å². The van der Waals surface area contributed by atoms with E-state index in [0.29, 0.717) is 5.92 Å². The van der Waals surface area contributed by atoms with Gasteiger partial charge in [0.15, 0.2) is 11.5 Å². The molecule has 2 aromatic rings. The van der Waals surface area contributed by atoms with Gasteiger partial charge in [0.1, 0.15) is 0 Å². The van der Waals surface area contributed by atoms with Gasteiger partial charge in [-0.25, -0.2) is 0 Å². The molecular formula is C26H36N2O3. The Kier molecular flexibility index (Phi) is 7.49. The van der Waals surface area contributed by atoms with Crippen molar-refractivity contribution in [1.29, 1.82) is 0 Å². The topological polar surface area (TPSA) is 43.0 Å². The van der Waals surface area contributed by atoms with Crippen LogP contribution in [0, 0.1) is 5.92 Å². The molecule has 2 aliphatic heterocycles. The molecule has 1 fully saturated rings. The van der Waals surface area contributed by atoms with E-state index in [9.17, 15) is 0 Å². The van der Waals surface area contributed by atoms with Crippen LogP contribution in [0.4, 0.5) is 0 Å². The summed E-state index contributed by atoms with van der Waals surface area (Å²) in [6.07, 6.45) is 4.67. The van der Waals surface area contributed by atoms with E-state index in [4.69, 9.17) is 14.2 Å². The molecule has 0 amide bonds. The van der Waals surface area contributed by atoms with Crippen molar-refractivity contribution in [2.24, 2.45) is 5.92 Å². The lowest BCUT2D eigenvalue weighted by Gasteiger charge is -2.41. The number of hydrogen-bond donors (Lipinski definition) is 1. The van der Waals surface area contributed by atoms with Crippen molar-refractivity contribution in [3.63, 3.8) is 0 Å². The van der Waals surface area contributed by atoms with Crippen molar-refractivity contribution in [2.75, 3.05) is 47.4 Å². The second-order valence-electron chi connectivity index (χ2n) is 8.71. The first-order valence-electron chi connectivity index (χ1n) is 11.5. The molecule has 1 N–H and O–H groups in total. The molecule has 0 unspecified atom stereocenters. The van der Waals surface area contributed by atoms with E-state index in [1.54, 1.807) is 14.2 Å². The Bertz CT molecular complexity index is 834. The quantitative estimate of drug-likeness (QED) is 0.697. The van der Waals surface area contributed by atoms with E-state index in [0.717, 1.165) is 50.5 Å². The van der Waals surface area contributed by atoms with Crippen LogP contribution in [0.3, 0.4) is 0 Å². The summed E-state index contributed by atoms with van der Waals surface area (Å²) in [4.78, 5) is 2.61. The predicted octanol–water partition coefficient (Wildman–Crippen LogP) is 3.86. The fourth-order valence-corrected chi connectivity index (χ4v) is 5.15. The summed E-state index contributed by atoms with van der Waals surface area (Å²) in [6, 6.07) is 14.9. The minimum absolute atomic E-state index is 0.0506. The van der Waals surface area contributed by atoms with E-state index in [1.807, 2.05) is 13.1 Å². The maximum atomic E-state index is 6.65. The average molecular weight is 425 g/mol. The summed E-state index contributed by atoms with van der Waals surface area (Å²) in [5.74, 6) is 2.26. The van der Waals surface area contributed by atoms with E-state index in [-0.39, 0.29) is 12.2 Å². The minimum atomic E-state index is 0.0506. The number of methoxy groups -OCH3 is 2. The smallest absolute Gasteiger partial charge is 0.164 e. The molecule has 0 bridgehead atoms. The molecule has 0 aromatic heterocycles. The molecule has 31 heavy (non-hydrogen) atoms. The highest BCUT2D eigenvalue weighted by molar-refractivity contribution is 5.52. The van der Waals surface area contributed by atoms with Gasteiger partial charge in [-0.05, 0) is 62.5 Å². The molecule has 0 radical (unpaired) electrons. The third-order valence-corrected chi connectivity index (χ3v) is 6.88. The monoisotopic (exact) mass is 424 g/mol. The summed E-state index contributed by atoms with van der Waals surface area (Å²) in [5.41, 5.74) is 3.90. The van der Waals surface area contributed by atoms with Crippen LogP contribution in [0.1, 0.15) is 35.6 Å². The number of ether oxygens (including phenoxy) is 3. The molecule has 2 aromatic carbocycles. The normalized spacial score (nSPS) is 22.2. The van der Waals surface area contributed by atoms with Crippen molar-refractivity contribution in [3.05, 3.63) is 59.2 Å². The van der Waals surface area contributed by atoms with Crippen molar-refractivity contribution in [3.8, 4) is 11.5 Å². The molecule has 2 aliphatic rings. The zero-order valence-electron chi connectivity index (χ0n) is 19.1. The Balaban J connectivity index is 1.41. The fraction of sp³-hybridized carbons (Fsp3) is 0.538. The molecule has 0 aliphatic carbocycles. The van der Waals surface area contributed by atoms with Crippen molar-refractivity contribution in [2.45, 2.75) is 37.9 Å². The van der Waals surface area contributed by atoms with Gasteiger partial charge >= 0.3 is 0 Å². The number of nitrogens with one attached hydrogen (secondary N) is 1. The first-order chi connectivity index (χ1) is 15.2. The summed E-state index contributed by atoms with van der Waals surface area (Å²) in [7, 11) is 5.43. The van der Waals surface area contributed by atoms with E-state index < -0.39 is 0 Å². The van der Waals surface area contributed by atoms with Gasteiger partial charge in [-0.2, -0.15) is 0 Å². The molecule has 168 valence electrons. The largest absolute Gasteiger partial charge is 0.493 e. The third-order valence-electron chi connectivity index (χ3n) is 6.88. The van der Waals surface area contributed by atoms with E-state index in [1.165, 1.54) is 29.5 Å². The second kappa shape index (κ2) is 10.5. The summed E-state index contributed by atoms with van der Waals surface area (Å²) >= 11 is 0. The van der Waals surface area contributed by atoms with Gasteiger partial charge in [-0.3, -0.25) is 0 Å². The molecule has 1 saturated heterocycles. The van der Waals surface area contributed by atoms with Crippen LogP contribution in [-0.4, -0.2) is 58.5 Å². The zero-order chi connectivity index (χ0) is 21.6. The standard InChI is InChI=1S/C26H36N2O3/c1-27-18-25-21-9-10-23(29-2)26(30-3)22(21)17-24(31-25)20-12-15-28(16-13-20)14-11-19-7-5-4-6-8-19/h4-10,20,24-25,27H,11-18H2,1-3H3/t24-,25-/m0/s1. The van der Waals surface area contributed by atoms with Crippen LogP contribution in [0.25, 0.3) is 0 Å². The van der Waals surface area contributed by atoms with Gasteiger partial charge in [-0.15, -0.1) is 0 Å². The molecule has 0 saturated carbocycles. The molecule has 4 rings (SSSR count). The van der Waals surface area contributed by atoms with Gasteiger partial charge in [0.2, 0.25) is 0 Å². The highest BCUT2D eigenvalue weighted by Gasteiger charge is 2.36. The predicted molar refractivity (Wildman–Crippen MR) is 124 cm³/mol. The van der Waals surface area contributed by atoms with Crippen molar-refractivity contribution in [1.82, 2.24) is 10.2 Å². The Morgan fingerprint density at radius 3 is 2.48 bits per heavy atom. The van der Waals surface area contributed by atoms with Crippen LogP contribution in [-0.2, 0) is 17.6 Å². The molecule has 0 spiro atoms. The van der Waals surface area contributed by atoms with Crippen LogP contribution in [0.15, 0.2) is 42.5 Å². The van der Waals surface area contributed by atoms with Gasteiger partial charge in [0.25, 0.3) is 0 Å². The third kappa shape index (κ3) is 5.05. The van der Waals surface area contributed by atoms with Crippen LogP contribution in [0.5, 0.6) is 11.5 Å². The van der Waals surface area contributed by atoms with Gasteiger partial charge in [0.05, 0.1) is 26.4 Å². The van der Waals surface area contributed by atoms with Crippen molar-refractivity contribution >= 4 is 0 Å². The van der Waals surface area contributed by atoms with E-state index >= 15 is 0 Å². The van der Waals surface area contributed by atoms with Gasteiger partial charge in [-0.1, -0.05) is 36.4 Å². The summed E-state index contributed by atoms with van der Waals surface area (Å²) < 4.78 is 18.0. The Morgan fingerprint density at radius 2 is 1.81 bits per heavy atom. The number of hydrogen-bond acceptors (Lipinski definition) is 5. The molecule has 2 heterocycles. The number of nitrogens with zero attached hydrogens (tertiary/aromatic N) is 1. The lowest BCUT2D eigenvalue weighted by Crippen LogP contribution is -2.42. The molecule has 5 heteroatoms. The molecular weight excluding hydrogens is 388 g/mol. The maximum Gasteiger partial charge on any atom is 0.164 e. The lowest BCUT2D eigenvalue weighted by atomic mass is 9.83. The average Bonchev–Trinajstić information content (AvgIpc) is 2.83. The highest BCUT2D eigenvalue weighted by Crippen LogP contribution is 2.43. The van der Waals surface area contributed by atoms with Gasteiger partial charge < -0.3 is 24.4 Å². The Hall–Kier alpha value is -2.08. The zero-order valence-corrected chi connectivity index (χ0v) is 19.1. The highest BCUT2D eigenvalue weighted by atomic mass is 16.5. The number of likely N-dealkylation sites (N-methyl/N-ethyl adjacent to an activating group) is 1. The molecule has 2 atom stereocenters.